The fourth-order valence-electron chi connectivity index (χ4n) is 2.00. The van der Waals surface area contributed by atoms with Crippen LogP contribution in [0.4, 0.5) is 18.0 Å². The molecular formula is C16H16F3N3O2. The third kappa shape index (κ3) is 5.45. The number of alkyl halides is 3. The van der Waals surface area contributed by atoms with E-state index in [0.29, 0.717) is 5.69 Å². The molecule has 0 saturated carbocycles. The van der Waals surface area contributed by atoms with E-state index >= 15 is 0 Å². The minimum absolute atomic E-state index is 0.104. The largest absolute Gasteiger partial charge is 0.573 e. The van der Waals surface area contributed by atoms with Crippen LogP contribution >= 0.6 is 0 Å². The molecule has 5 nitrogen and oxygen atoms in total. The first-order valence-electron chi connectivity index (χ1n) is 7.14. The number of halogens is 3. The Hall–Kier alpha value is -2.77. The number of hydrogen-bond donors (Lipinski definition) is 2. The van der Waals surface area contributed by atoms with Crippen molar-refractivity contribution in [2.45, 2.75) is 25.9 Å². The maximum absolute atomic E-state index is 12.4. The maximum atomic E-state index is 12.4. The minimum Gasteiger partial charge on any atom is -0.405 e. The molecule has 0 spiro atoms. The highest BCUT2D eigenvalue weighted by Gasteiger charge is 2.31. The molecule has 2 N–H and O–H groups in total. The van der Waals surface area contributed by atoms with Gasteiger partial charge in [-0.05, 0) is 25.1 Å². The summed E-state index contributed by atoms with van der Waals surface area (Å²) in [5.74, 6) is -0.344. The molecule has 0 aliphatic carbocycles. The lowest BCUT2D eigenvalue weighted by atomic mass is 10.2. The van der Waals surface area contributed by atoms with Crippen LogP contribution in [0.25, 0.3) is 0 Å². The molecule has 0 saturated heterocycles. The number of aromatic nitrogens is 1. The highest BCUT2D eigenvalue weighted by molar-refractivity contribution is 5.74. The van der Waals surface area contributed by atoms with E-state index in [2.05, 4.69) is 20.4 Å². The van der Waals surface area contributed by atoms with Gasteiger partial charge >= 0.3 is 12.4 Å². The molecule has 0 fully saturated rings. The second kappa shape index (κ2) is 7.67. The molecule has 24 heavy (non-hydrogen) atoms. The van der Waals surface area contributed by atoms with Gasteiger partial charge in [-0.1, -0.05) is 24.3 Å². The predicted molar refractivity (Wildman–Crippen MR) is 81.1 cm³/mol. The zero-order valence-electron chi connectivity index (χ0n) is 12.8. The third-order valence-corrected chi connectivity index (χ3v) is 3.12. The zero-order chi connectivity index (χ0) is 17.6. The van der Waals surface area contributed by atoms with E-state index in [4.69, 9.17) is 0 Å². The van der Waals surface area contributed by atoms with Gasteiger partial charge in [-0.25, -0.2) is 4.79 Å². The molecule has 0 radical (unpaired) electrons. The summed E-state index contributed by atoms with van der Waals surface area (Å²) < 4.78 is 41.0. The number of benzene rings is 1. The summed E-state index contributed by atoms with van der Waals surface area (Å²) in [7, 11) is 0. The molecule has 0 aliphatic heterocycles. The molecule has 2 aromatic rings. The first kappa shape index (κ1) is 17.6. The number of nitrogens with one attached hydrogen (secondary N) is 2. The van der Waals surface area contributed by atoms with Crippen molar-refractivity contribution in [3.05, 3.63) is 59.9 Å². The average molecular weight is 339 g/mol. The van der Waals surface area contributed by atoms with Gasteiger partial charge in [0.25, 0.3) is 0 Å². The molecule has 0 bridgehead atoms. The lowest BCUT2D eigenvalue weighted by Gasteiger charge is -2.16. The summed E-state index contributed by atoms with van der Waals surface area (Å²) in [6, 6.07) is 10.1. The number of ether oxygens (including phenoxy) is 1. The number of carbonyl (C=O) groups excluding carboxylic acids is 1. The van der Waals surface area contributed by atoms with E-state index in [9.17, 15) is 18.0 Å². The van der Waals surface area contributed by atoms with Gasteiger partial charge in [-0.15, -0.1) is 13.2 Å². The van der Waals surface area contributed by atoms with E-state index in [0.717, 1.165) is 0 Å². The maximum Gasteiger partial charge on any atom is 0.573 e. The summed E-state index contributed by atoms with van der Waals surface area (Å²) in [5, 5.41) is 5.16. The quantitative estimate of drug-likeness (QED) is 0.876. The van der Waals surface area contributed by atoms with Crippen molar-refractivity contribution in [3.8, 4) is 5.75 Å². The second-order valence-electron chi connectivity index (χ2n) is 4.96. The van der Waals surface area contributed by atoms with Crippen LogP contribution in [0.1, 0.15) is 24.2 Å². The van der Waals surface area contributed by atoms with Crippen LogP contribution in [0.2, 0.25) is 0 Å². The molecule has 1 aromatic carbocycles. The van der Waals surface area contributed by atoms with E-state index in [-0.39, 0.29) is 23.9 Å². The summed E-state index contributed by atoms with van der Waals surface area (Å²) in [5.41, 5.74) is 0.893. The van der Waals surface area contributed by atoms with Gasteiger partial charge in [0.05, 0.1) is 11.7 Å². The Balaban J connectivity index is 1.92. The van der Waals surface area contributed by atoms with Crippen molar-refractivity contribution in [1.29, 1.82) is 0 Å². The van der Waals surface area contributed by atoms with Crippen molar-refractivity contribution in [2.75, 3.05) is 0 Å². The van der Waals surface area contributed by atoms with Gasteiger partial charge in [0.1, 0.15) is 5.75 Å². The van der Waals surface area contributed by atoms with Gasteiger partial charge in [-0.2, -0.15) is 0 Å². The normalized spacial score (nSPS) is 12.3. The lowest BCUT2D eigenvalue weighted by Crippen LogP contribution is -2.37. The van der Waals surface area contributed by atoms with Crippen molar-refractivity contribution in [3.63, 3.8) is 0 Å². The fraction of sp³-hybridized carbons (Fsp3) is 0.250. The number of nitrogens with zero attached hydrogens (tertiary/aromatic N) is 1. The Bertz CT molecular complexity index is 678. The Labute approximate surface area is 136 Å². The van der Waals surface area contributed by atoms with E-state index in [1.54, 1.807) is 37.4 Å². The molecule has 0 unspecified atom stereocenters. The second-order valence-corrected chi connectivity index (χ2v) is 4.96. The summed E-state index contributed by atoms with van der Waals surface area (Å²) in [6.07, 6.45) is -3.18. The van der Waals surface area contributed by atoms with Crippen LogP contribution in [0, 0.1) is 0 Å². The topological polar surface area (TPSA) is 63.2 Å². The number of rotatable bonds is 5. The summed E-state index contributed by atoms with van der Waals surface area (Å²) in [6.45, 7) is 1.65. The van der Waals surface area contributed by atoms with Crippen molar-refractivity contribution in [1.82, 2.24) is 15.6 Å². The Morgan fingerprint density at radius 2 is 1.92 bits per heavy atom. The van der Waals surface area contributed by atoms with Crippen LogP contribution in [-0.2, 0) is 6.54 Å². The van der Waals surface area contributed by atoms with Gasteiger partial charge in [0, 0.05) is 18.3 Å². The van der Waals surface area contributed by atoms with Crippen molar-refractivity contribution < 1.29 is 22.7 Å². The van der Waals surface area contributed by atoms with Crippen LogP contribution in [0.3, 0.4) is 0 Å². The monoisotopic (exact) mass is 339 g/mol. The van der Waals surface area contributed by atoms with E-state index in [1.807, 2.05) is 0 Å². The van der Waals surface area contributed by atoms with E-state index in [1.165, 1.54) is 18.2 Å². The standard InChI is InChI=1S/C16H16F3N3O2/c1-11(13-7-4-5-9-20-13)22-15(23)21-10-12-6-2-3-8-14(12)24-16(17,18)19/h2-9,11H,10H2,1H3,(H2,21,22,23)/t11-/m0/s1. The van der Waals surface area contributed by atoms with Gasteiger partial charge < -0.3 is 15.4 Å². The molecule has 2 rings (SSSR count). The first-order valence-corrected chi connectivity index (χ1v) is 7.14. The van der Waals surface area contributed by atoms with Gasteiger partial charge in [0.2, 0.25) is 0 Å². The Kier molecular flexibility index (Phi) is 5.62. The van der Waals surface area contributed by atoms with Crippen molar-refractivity contribution in [2.24, 2.45) is 0 Å². The smallest absolute Gasteiger partial charge is 0.405 e. The number of amides is 2. The predicted octanol–water partition coefficient (Wildman–Crippen LogP) is 3.54. The van der Waals surface area contributed by atoms with Crippen LogP contribution in [-0.4, -0.2) is 17.4 Å². The Morgan fingerprint density at radius 3 is 2.58 bits per heavy atom. The number of urea groups is 1. The number of carbonyl (C=O) groups is 1. The third-order valence-electron chi connectivity index (χ3n) is 3.12. The fourth-order valence-corrected chi connectivity index (χ4v) is 2.00. The zero-order valence-corrected chi connectivity index (χ0v) is 12.8. The van der Waals surface area contributed by atoms with Crippen molar-refractivity contribution >= 4 is 6.03 Å². The van der Waals surface area contributed by atoms with Gasteiger partial charge in [0.15, 0.2) is 0 Å². The molecule has 1 atom stereocenters. The molecule has 1 heterocycles. The van der Waals surface area contributed by atoms with Crippen LogP contribution in [0.5, 0.6) is 5.75 Å². The van der Waals surface area contributed by atoms with Gasteiger partial charge in [-0.3, -0.25) is 4.98 Å². The highest BCUT2D eigenvalue weighted by atomic mass is 19.4. The lowest BCUT2D eigenvalue weighted by molar-refractivity contribution is -0.274. The minimum atomic E-state index is -4.79. The average Bonchev–Trinajstić information content (AvgIpc) is 2.53. The number of hydrogen-bond acceptors (Lipinski definition) is 3. The summed E-state index contributed by atoms with van der Waals surface area (Å²) in [4.78, 5) is 16.0. The summed E-state index contributed by atoms with van der Waals surface area (Å²) >= 11 is 0. The molecule has 2 amide bonds. The van der Waals surface area contributed by atoms with E-state index < -0.39 is 12.4 Å². The van der Waals surface area contributed by atoms with Crippen LogP contribution in [0.15, 0.2) is 48.7 Å². The highest BCUT2D eigenvalue weighted by Crippen LogP contribution is 2.26. The number of para-hydroxylation sites is 1. The molecule has 8 heteroatoms. The molecule has 1 aromatic heterocycles. The SMILES string of the molecule is C[C@H](NC(=O)NCc1ccccc1OC(F)(F)F)c1ccccn1. The number of pyridine rings is 1. The molecule has 0 aliphatic rings. The first-order chi connectivity index (χ1) is 11.3. The van der Waals surface area contributed by atoms with Crippen LogP contribution < -0.4 is 15.4 Å². The molecule has 128 valence electrons. The Morgan fingerprint density at radius 1 is 1.21 bits per heavy atom. The molecular weight excluding hydrogens is 323 g/mol.